The van der Waals surface area contributed by atoms with Gasteiger partial charge in [0.05, 0.1) is 7.11 Å². The molecule has 3 rings (SSSR count). The normalized spacial score (nSPS) is 10.4. The molecule has 144 valence electrons. The summed E-state index contributed by atoms with van der Waals surface area (Å²) in [5, 5.41) is 2.95. The van der Waals surface area contributed by atoms with E-state index in [1.165, 1.54) is 0 Å². The van der Waals surface area contributed by atoms with Crippen LogP contribution >= 0.6 is 0 Å². The molecule has 0 atom stereocenters. The van der Waals surface area contributed by atoms with Crippen molar-refractivity contribution >= 4 is 17.3 Å². The van der Waals surface area contributed by atoms with E-state index in [9.17, 15) is 4.79 Å². The summed E-state index contributed by atoms with van der Waals surface area (Å²) >= 11 is 0. The molecular formula is C23H25N3O2. The van der Waals surface area contributed by atoms with Gasteiger partial charge in [0.25, 0.3) is 5.91 Å². The minimum absolute atomic E-state index is 0.172. The summed E-state index contributed by atoms with van der Waals surface area (Å²) in [5.74, 6) is 0.646. The van der Waals surface area contributed by atoms with Crippen molar-refractivity contribution in [2.24, 2.45) is 0 Å². The summed E-state index contributed by atoms with van der Waals surface area (Å²) in [4.78, 5) is 18.9. The fraction of sp³-hybridized carbons (Fsp3) is 0.217. The van der Waals surface area contributed by atoms with Crippen LogP contribution in [0.3, 0.4) is 0 Å². The lowest BCUT2D eigenvalue weighted by Crippen LogP contribution is -2.27. The number of hydrogen-bond donors (Lipinski definition) is 1. The average Bonchev–Trinajstić information content (AvgIpc) is 2.75. The molecule has 0 aliphatic carbocycles. The molecule has 0 unspecified atom stereocenters. The summed E-state index contributed by atoms with van der Waals surface area (Å²) in [6, 6.07) is 21.7. The predicted octanol–water partition coefficient (Wildman–Crippen LogP) is 4.22. The lowest BCUT2D eigenvalue weighted by Gasteiger charge is -2.23. The third-order valence-electron chi connectivity index (χ3n) is 4.51. The smallest absolute Gasteiger partial charge is 0.269 e. The first-order valence-electron chi connectivity index (χ1n) is 9.41. The summed E-state index contributed by atoms with van der Waals surface area (Å²) in [6.45, 7) is 3.42. The molecule has 1 heterocycles. The Morgan fingerprint density at radius 3 is 2.61 bits per heavy atom. The number of nitrogens with zero attached hydrogens (tertiary/aromatic N) is 2. The van der Waals surface area contributed by atoms with Crippen LogP contribution in [0.15, 0.2) is 72.9 Å². The Morgan fingerprint density at radius 2 is 1.86 bits per heavy atom. The van der Waals surface area contributed by atoms with E-state index in [-0.39, 0.29) is 5.91 Å². The summed E-state index contributed by atoms with van der Waals surface area (Å²) in [7, 11) is 1.65. The van der Waals surface area contributed by atoms with Crippen molar-refractivity contribution in [2.75, 3.05) is 25.1 Å². The molecule has 0 spiro atoms. The number of ether oxygens (including phenoxy) is 1. The van der Waals surface area contributed by atoms with Gasteiger partial charge in [-0.1, -0.05) is 30.3 Å². The summed E-state index contributed by atoms with van der Waals surface area (Å²) in [6.07, 6.45) is 2.41. The highest BCUT2D eigenvalue weighted by atomic mass is 16.5. The number of methoxy groups -OCH3 is 1. The fourth-order valence-electron chi connectivity index (χ4n) is 3.07. The average molecular weight is 375 g/mol. The van der Waals surface area contributed by atoms with E-state index in [2.05, 4.69) is 34.3 Å². The number of benzene rings is 2. The zero-order valence-corrected chi connectivity index (χ0v) is 16.3. The molecule has 1 amide bonds. The Balaban J connectivity index is 1.65. The lowest BCUT2D eigenvalue weighted by atomic mass is 10.1. The van der Waals surface area contributed by atoms with Gasteiger partial charge in [0, 0.05) is 30.7 Å². The number of pyridine rings is 1. The van der Waals surface area contributed by atoms with E-state index in [0.717, 1.165) is 35.7 Å². The van der Waals surface area contributed by atoms with Crippen LogP contribution in [0.4, 0.5) is 11.4 Å². The number of carbonyl (C=O) groups excluding carboxylic acids is 1. The number of rotatable bonds is 8. The Bertz CT molecular complexity index is 912. The molecule has 3 aromatic rings. The maximum atomic E-state index is 12.5. The molecule has 0 fully saturated rings. The predicted molar refractivity (Wildman–Crippen MR) is 112 cm³/mol. The number of carbonyl (C=O) groups is 1. The molecule has 0 radical (unpaired) electrons. The monoisotopic (exact) mass is 375 g/mol. The fourth-order valence-corrected chi connectivity index (χ4v) is 3.07. The number of amides is 1. The number of hydrogen-bond acceptors (Lipinski definition) is 4. The van der Waals surface area contributed by atoms with Gasteiger partial charge >= 0.3 is 0 Å². The molecule has 28 heavy (non-hydrogen) atoms. The first-order valence-corrected chi connectivity index (χ1v) is 9.41. The molecule has 2 aromatic carbocycles. The van der Waals surface area contributed by atoms with Crippen molar-refractivity contribution < 1.29 is 9.53 Å². The Morgan fingerprint density at radius 1 is 1.04 bits per heavy atom. The summed E-state index contributed by atoms with van der Waals surface area (Å²) < 4.78 is 5.23. The maximum Gasteiger partial charge on any atom is 0.269 e. The zero-order chi connectivity index (χ0) is 19.8. The molecular weight excluding hydrogens is 350 g/mol. The van der Waals surface area contributed by atoms with Crippen molar-refractivity contribution in [3.8, 4) is 5.75 Å². The van der Waals surface area contributed by atoms with Crippen LogP contribution in [0.5, 0.6) is 5.75 Å². The molecule has 5 nitrogen and oxygen atoms in total. The van der Waals surface area contributed by atoms with Gasteiger partial charge in [-0.25, -0.2) is 0 Å². The largest absolute Gasteiger partial charge is 0.497 e. The van der Waals surface area contributed by atoms with E-state index >= 15 is 0 Å². The molecule has 0 aliphatic heterocycles. The SMILES string of the molecule is CCN(c1ccccc1)c1ccnc(C(=O)NCCc2cccc(OC)c2)c1. The molecule has 5 heteroatoms. The van der Waals surface area contributed by atoms with E-state index in [1.54, 1.807) is 13.3 Å². The Labute approximate surface area is 166 Å². The number of para-hydroxylation sites is 1. The van der Waals surface area contributed by atoms with E-state index < -0.39 is 0 Å². The lowest BCUT2D eigenvalue weighted by molar-refractivity contribution is 0.0949. The molecule has 0 saturated carbocycles. The van der Waals surface area contributed by atoms with Gasteiger partial charge in [-0.05, 0) is 55.3 Å². The highest BCUT2D eigenvalue weighted by Crippen LogP contribution is 2.24. The van der Waals surface area contributed by atoms with Gasteiger partial charge in [-0.3, -0.25) is 9.78 Å². The first kappa shape index (κ1) is 19.4. The van der Waals surface area contributed by atoms with Crippen molar-refractivity contribution in [1.29, 1.82) is 0 Å². The third kappa shape index (κ3) is 4.88. The van der Waals surface area contributed by atoms with Crippen LogP contribution in [0.2, 0.25) is 0 Å². The van der Waals surface area contributed by atoms with Gasteiger partial charge in [0.2, 0.25) is 0 Å². The second-order valence-electron chi connectivity index (χ2n) is 6.34. The minimum atomic E-state index is -0.172. The molecule has 1 aromatic heterocycles. The van der Waals surface area contributed by atoms with Gasteiger partial charge in [0.1, 0.15) is 11.4 Å². The van der Waals surface area contributed by atoms with Crippen LogP contribution in [-0.4, -0.2) is 31.1 Å². The Kier molecular flexibility index (Phi) is 6.63. The van der Waals surface area contributed by atoms with Crippen molar-refractivity contribution in [2.45, 2.75) is 13.3 Å². The van der Waals surface area contributed by atoms with Crippen molar-refractivity contribution in [3.63, 3.8) is 0 Å². The topological polar surface area (TPSA) is 54.5 Å². The highest BCUT2D eigenvalue weighted by molar-refractivity contribution is 5.93. The molecule has 0 bridgehead atoms. The maximum absolute atomic E-state index is 12.5. The molecule has 0 saturated heterocycles. The van der Waals surface area contributed by atoms with E-state index in [0.29, 0.717) is 12.2 Å². The van der Waals surface area contributed by atoms with Crippen LogP contribution in [0.25, 0.3) is 0 Å². The van der Waals surface area contributed by atoms with Gasteiger partial charge in [-0.2, -0.15) is 0 Å². The van der Waals surface area contributed by atoms with Crippen LogP contribution in [0.1, 0.15) is 23.0 Å². The zero-order valence-electron chi connectivity index (χ0n) is 16.3. The second-order valence-corrected chi connectivity index (χ2v) is 6.34. The Hall–Kier alpha value is -3.34. The van der Waals surface area contributed by atoms with Crippen LogP contribution in [0, 0.1) is 0 Å². The van der Waals surface area contributed by atoms with Crippen LogP contribution < -0.4 is 15.0 Å². The molecule has 1 N–H and O–H groups in total. The standard InChI is InChI=1S/C23H25N3O2/c1-3-26(19-9-5-4-6-10-19)20-13-15-24-22(17-20)23(27)25-14-12-18-8-7-11-21(16-18)28-2/h4-11,13,15-17H,3,12,14H2,1-2H3,(H,25,27). The quantitative estimate of drug-likeness (QED) is 0.640. The van der Waals surface area contributed by atoms with Gasteiger partial charge in [0.15, 0.2) is 0 Å². The van der Waals surface area contributed by atoms with Crippen molar-refractivity contribution in [1.82, 2.24) is 10.3 Å². The van der Waals surface area contributed by atoms with Crippen LogP contribution in [-0.2, 0) is 6.42 Å². The number of nitrogens with one attached hydrogen (secondary N) is 1. The minimum Gasteiger partial charge on any atom is -0.497 e. The summed E-state index contributed by atoms with van der Waals surface area (Å²) in [5.41, 5.74) is 3.56. The van der Waals surface area contributed by atoms with Gasteiger partial charge in [-0.15, -0.1) is 0 Å². The van der Waals surface area contributed by atoms with Gasteiger partial charge < -0.3 is 15.0 Å². The van der Waals surface area contributed by atoms with Crippen molar-refractivity contribution in [3.05, 3.63) is 84.2 Å². The van der Waals surface area contributed by atoms with E-state index in [1.807, 2.05) is 54.6 Å². The number of aromatic nitrogens is 1. The highest BCUT2D eigenvalue weighted by Gasteiger charge is 2.12. The second kappa shape index (κ2) is 9.55. The molecule has 0 aliphatic rings. The van der Waals surface area contributed by atoms with E-state index in [4.69, 9.17) is 4.74 Å². The number of anilines is 2. The third-order valence-corrected chi connectivity index (χ3v) is 4.51. The first-order chi connectivity index (χ1) is 13.7.